The van der Waals surface area contributed by atoms with Crippen LogP contribution in [-0.2, 0) is 4.79 Å². The standard InChI is InChI=1S/C13H14Cl2N2O3/c14-9-5-7(13(19)20)6-10(15)12(9)17-11(18)3-4-16-8-1-2-8/h5-6,8,16H,1-4H2,(H,17,18)(H,19,20). The molecule has 0 aromatic heterocycles. The smallest absolute Gasteiger partial charge is 0.335 e. The Bertz CT molecular complexity index is 521. The van der Waals surface area contributed by atoms with Crippen LogP contribution >= 0.6 is 23.2 Å². The van der Waals surface area contributed by atoms with Crippen molar-refractivity contribution < 1.29 is 14.7 Å². The summed E-state index contributed by atoms with van der Waals surface area (Å²) in [6.45, 7) is 0.596. The molecule has 20 heavy (non-hydrogen) atoms. The van der Waals surface area contributed by atoms with Crippen molar-refractivity contribution in [1.29, 1.82) is 0 Å². The van der Waals surface area contributed by atoms with Gasteiger partial charge in [-0.05, 0) is 25.0 Å². The highest BCUT2D eigenvalue weighted by Crippen LogP contribution is 2.32. The van der Waals surface area contributed by atoms with Crippen LogP contribution in [0.25, 0.3) is 0 Å². The van der Waals surface area contributed by atoms with Gasteiger partial charge in [-0.2, -0.15) is 0 Å². The van der Waals surface area contributed by atoms with Crippen LogP contribution in [0.15, 0.2) is 12.1 Å². The van der Waals surface area contributed by atoms with Crippen molar-refractivity contribution in [2.24, 2.45) is 0 Å². The van der Waals surface area contributed by atoms with E-state index in [2.05, 4.69) is 10.6 Å². The third-order valence-electron chi connectivity index (χ3n) is 2.92. The van der Waals surface area contributed by atoms with E-state index >= 15 is 0 Å². The van der Waals surface area contributed by atoms with Gasteiger partial charge in [-0.1, -0.05) is 23.2 Å². The fourth-order valence-electron chi connectivity index (χ4n) is 1.70. The number of aromatic carboxylic acids is 1. The number of anilines is 1. The van der Waals surface area contributed by atoms with Gasteiger partial charge in [0.25, 0.3) is 0 Å². The Hall–Kier alpha value is -1.30. The Balaban J connectivity index is 1.97. The van der Waals surface area contributed by atoms with E-state index in [0.717, 1.165) is 12.8 Å². The zero-order chi connectivity index (χ0) is 14.7. The molecule has 0 radical (unpaired) electrons. The molecule has 0 spiro atoms. The molecule has 7 heteroatoms. The first-order valence-corrected chi connectivity index (χ1v) is 6.98. The quantitative estimate of drug-likeness (QED) is 0.754. The molecule has 0 heterocycles. The van der Waals surface area contributed by atoms with Gasteiger partial charge in [-0.25, -0.2) is 4.79 Å². The molecule has 0 saturated heterocycles. The highest BCUT2D eigenvalue weighted by atomic mass is 35.5. The number of benzene rings is 1. The molecule has 1 saturated carbocycles. The monoisotopic (exact) mass is 316 g/mol. The lowest BCUT2D eigenvalue weighted by atomic mass is 10.2. The molecular formula is C13H14Cl2N2O3. The van der Waals surface area contributed by atoms with Gasteiger partial charge in [0.05, 0.1) is 21.3 Å². The molecule has 3 N–H and O–H groups in total. The summed E-state index contributed by atoms with van der Waals surface area (Å²) < 4.78 is 0. The average molecular weight is 317 g/mol. The summed E-state index contributed by atoms with van der Waals surface area (Å²) >= 11 is 11.9. The number of rotatable bonds is 6. The highest BCUT2D eigenvalue weighted by Gasteiger charge is 2.20. The van der Waals surface area contributed by atoms with Gasteiger partial charge in [0, 0.05) is 19.0 Å². The van der Waals surface area contributed by atoms with Gasteiger partial charge in [0.15, 0.2) is 0 Å². The zero-order valence-corrected chi connectivity index (χ0v) is 12.1. The number of carboxylic acid groups (broad SMARTS) is 1. The Labute approximate surface area is 126 Å². The van der Waals surface area contributed by atoms with Crippen LogP contribution in [0.4, 0.5) is 5.69 Å². The number of halogens is 2. The summed E-state index contributed by atoms with van der Waals surface area (Å²) in [6.07, 6.45) is 2.63. The first kappa shape index (κ1) is 15.1. The normalized spacial score (nSPS) is 14.1. The van der Waals surface area contributed by atoms with Crippen LogP contribution in [0, 0.1) is 0 Å². The number of carbonyl (C=O) groups excluding carboxylic acids is 1. The minimum atomic E-state index is -1.12. The van der Waals surface area contributed by atoms with Crippen LogP contribution in [0.3, 0.4) is 0 Å². The molecule has 1 aromatic carbocycles. The largest absolute Gasteiger partial charge is 0.478 e. The molecule has 1 aromatic rings. The predicted molar refractivity (Wildman–Crippen MR) is 77.7 cm³/mol. The van der Waals surface area contributed by atoms with Gasteiger partial charge in [0.1, 0.15) is 0 Å². The fourth-order valence-corrected chi connectivity index (χ4v) is 2.28. The third-order valence-corrected chi connectivity index (χ3v) is 3.51. The average Bonchev–Trinajstić information content (AvgIpc) is 3.17. The highest BCUT2D eigenvalue weighted by molar-refractivity contribution is 6.40. The summed E-state index contributed by atoms with van der Waals surface area (Å²) in [5.74, 6) is -1.34. The van der Waals surface area contributed by atoms with E-state index in [1.165, 1.54) is 12.1 Å². The van der Waals surface area contributed by atoms with E-state index in [9.17, 15) is 9.59 Å². The minimum Gasteiger partial charge on any atom is -0.478 e. The van der Waals surface area contributed by atoms with E-state index in [-0.39, 0.29) is 27.2 Å². The van der Waals surface area contributed by atoms with Gasteiger partial charge in [-0.3, -0.25) is 4.79 Å². The van der Waals surface area contributed by atoms with E-state index in [0.29, 0.717) is 19.0 Å². The molecule has 1 amide bonds. The number of nitrogens with one attached hydrogen (secondary N) is 2. The number of carbonyl (C=O) groups is 2. The predicted octanol–water partition coefficient (Wildman–Crippen LogP) is 2.77. The van der Waals surface area contributed by atoms with Gasteiger partial charge in [-0.15, -0.1) is 0 Å². The molecule has 0 aliphatic heterocycles. The van der Waals surface area contributed by atoms with E-state index < -0.39 is 5.97 Å². The lowest BCUT2D eigenvalue weighted by molar-refractivity contribution is -0.116. The lowest BCUT2D eigenvalue weighted by Crippen LogP contribution is -2.23. The molecule has 0 atom stereocenters. The molecule has 0 bridgehead atoms. The summed E-state index contributed by atoms with van der Waals surface area (Å²) in [6, 6.07) is 3.06. The summed E-state index contributed by atoms with van der Waals surface area (Å²) in [7, 11) is 0. The fraction of sp³-hybridized carbons (Fsp3) is 0.385. The van der Waals surface area contributed by atoms with Crippen molar-refractivity contribution in [3.63, 3.8) is 0 Å². The first-order chi connectivity index (χ1) is 9.47. The second-order valence-electron chi connectivity index (χ2n) is 4.65. The molecule has 0 unspecified atom stereocenters. The van der Waals surface area contributed by atoms with Crippen molar-refractivity contribution in [3.8, 4) is 0 Å². The molecule has 5 nitrogen and oxygen atoms in total. The number of amides is 1. The summed E-state index contributed by atoms with van der Waals surface area (Å²) in [5.41, 5.74) is 0.225. The van der Waals surface area contributed by atoms with Crippen molar-refractivity contribution in [2.75, 3.05) is 11.9 Å². The SMILES string of the molecule is O=C(CCNC1CC1)Nc1c(Cl)cc(C(=O)O)cc1Cl. The minimum absolute atomic E-state index is 0.0200. The van der Waals surface area contributed by atoms with Gasteiger partial charge < -0.3 is 15.7 Å². The lowest BCUT2D eigenvalue weighted by Gasteiger charge is -2.10. The molecule has 1 fully saturated rings. The van der Waals surface area contributed by atoms with Crippen LogP contribution in [0.1, 0.15) is 29.6 Å². The maximum atomic E-state index is 11.8. The van der Waals surface area contributed by atoms with Crippen LogP contribution in [-0.4, -0.2) is 29.6 Å². The third kappa shape index (κ3) is 4.10. The number of hydrogen-bond donors (Lipinski definition) is 3. The van der Waals surface area contributed by atoms with E-state index in [1.807, 2.05) is 0 Å². The first-order valence-electron chi connectivity index (χ1n) is 6.23. The summed E-state index contributed by atoms with van der Waals surface area (Å²) in [5, 5.41) is 14.9. The molecular weight excluding hydrogens is 303 g/mol. The number of hydrogen-bond acceptors (Lipinski definition) is 3. The van der Waals surface area contributed by atoms with Gasteiger partial charge in [0.2, 0.25) is 5.91 Å². The van der Waals surface area contributed by atoms with Crippen molar-refractivity contribution in [2.45, 2.75) is 25.3 Å². The van der Waals surface area contributed by atoms with E-state index in [1.54, 1.807) is 0 Å². The maximum absolute atomic E-state index is 11.8. The van der Waals surface area contributed by atoms with Crippen LogP contribution < -0.4 is 10.6 Å². The molecule has 108 valence electrons. The second kappa shape index (κ2) is 6.43. The summed E-state index contributed by atoms with van der Waals surface area (Å²) in [4.78, 5) is 22.6. The molecule has 1 aliphatic carbocycles. The Morgan fingerprint density at radius 2 is 1.85 bits per heavy atom. The topological polar surface area (TPSA) is 78.4 Å². The number of carboxylic acids is 1. The maximum Gasteiger partial charge on any atom is 0.335 e. The molecule has 2 rings (SSSR count). The Kier molecular flexibility index (Phi) is 4.86. The van der Waals surface area contributed by atoms with Crippen molar-refractivity contribution in [3.05, 3.63) is 27.7 Å². The van der Waals surface area contributed by atoms with E-state index in [4.69, 9.17) is 28.3 Å². The molecule has 1 aliphatic rings. The van der Waals surface area contributed by atoms with Gasteiger partial charge >= 0.3 is 5.97 Å². The Morgan fingerprint density at radius 3 is 2.35 bits per heavy atom. The van der Waals surface area contributed by atoms with Crippen LogP contribution in [0.5, 0.6) is 0 Å². The van der Waals surface area contributed by atoms with Crippen molar-refractivity contribution in [1.82, 2.24) is 5.32 Å². The second-order valence-corrected chi connectivity index (χ2v) is 5.46. The zero-order valence-electron chi connectivity index (χ0n) is 10.6. The Morgan fingerprint density at radius 1 is 1.25 bits per heavy atom. The van der Waals surface area contributed by atoms with Crippen LogP contribution in [0.2, 0.25) is 10.0 Å². The van der Waals surface area contributed by atoms with Crippen molar-refractivity contribution >= 4 is 40.8 Å².